The van der Waals surface area contributed by atoms with Crippen molar-refractivity contribution in [2.24, 2.45) is 11.0 Å². The molecule has 0 aliphatic rings. The zero-order valence-corrected chi connectivity index (χ0v) is 10.7. The number of carbonyl (C=O) groups is 2. The molecule has 0 unspecified atom stereocenters. The highest BCUT2D eigenvalue weighted by atomic mass is 32.2. The maximum atomic E-state index is 11.1. The second-order valence-electron chi connectivity index (χ2n) is 3.67. The van der Waals surface area contributed by atoms with E-state index in [-0.39, 0.29) is 11.4 Å². The standard InChI is InChI=1S/C10H14N4O4S/c11-14-10(16)9(15)13-6-5-7-1-3-8(4-2-7)19(12,17)18/h1-4H,5-6,11H2,(H,13,15)(H,14,16)(H2,12,17,18). The van der Waals surface area contributed by atoms with Gasteiger partial charge in [-0.05, 0) is 24.1 Å². The van der Waals surface area contributed by atoms with Crippen molar-refractivity contribution in [1.82, 2.24) is 10.7 Å². The topological polar surface area (TPSA) is 144 Å². The second kappa shape index (κ2) is 6.27. The summed E-state index contributed by atoms with van der Waals surface area (Å²) in [6.07, 6.45) is 0.439. The van der Waals surface area contributed by atoms with E-state index in [0.29, 0.717) is 6.42 Å². The normalized spacial score (nSPS) is 10.8. The van der Waals surface area contributed by atoms with E-state index in [0.717, 1.165) is 5.56 Å². The average Bonchev–Trinajstić information content (AvgIpc) is 2.37. The number of carbonyl (C=O) groups excluding carboxylic acids is 2. The molecule has 0 atom stereocenters. The van der Waals surface area contributed by atoms with Crippen molar-refractivity contribution in [3.63, 3.8) is 0 Å². The maximum absolute atomic E-state index is 11.1. The summed E-state index contributed by atoms with van der Waals surface area (Å²) in [6, 6.07) is 5.90. The first kappa shape index (κ1) is 15.1. The molecule has 0 aliphatic heterocycles. The molecule has 9 heteroatoms. The summed E-state index contributed by atoms with van der Waals surface area (Å²) in [4.78, 5) is 21.8. The van der Waals surface area contributed by atoms with E-state index in [2.05, 4.69) is 5.32 Å². The first-order chi connectivity index (χ1) is 8.84. The first-order valence-electron chi connectivity index (χ1n) is 5.25. The third-order valence-electron chi connectivity index (χ3n) is 2.29. The lowest BCUT2D eigenvalue weighted by Gasteiger charge is -2.05. The summed E-state index contributed by atoms with van der Waals surface area (Å²) in [6.45, 7) is 0.223. The minimum atomic E-state index is -3.70. The van der Waals surface area contributed by atoms with Gasteiger partial charge in [0, 0.05) is 6.54 Å². The van der Waals surface area contributed by atoms with Gasteiger partial charge in [-0.15, -0.1) is 0 Å². The SMILES string of the molecule is NNC(=O)C(=O)NCCc1ccc(S(N)(=O)=O)cc1. The summed E-state index contributed by atoms with van der Waals surface area (Å²) in [5, 5.41) is 7.31. The van der Waals surface area contributed by atoms with Gasteiger partial charge in [-0.3, -0.25) is 15.0 Å². The molecular formula is C10H14N4O4S. The summed E-state index contributed by atoms with van der Waals surface area (Å²) in [5.41, 5.74) is 2.50. The molecule has 0 aromatic heterocycles. The minimum Gasteiger partial charge on any atom is -0.347 e. The van der Waals surface area contributed by atoms with Crippen LogP contribution in [0.3, 0.4) is 0 Å². The van der Waals surface area contributed by atoms with Crippen LogP contribution in [0, 0.1) is 0 Å². The van der Waals surface area contributed by atoms with Gasteiger partial charge in [0.1, 0.15) is 0 Å². The summed E-state index contributed by atoms with van der Waals surface area (Å²) < 4.78 is 22.0. The molecule has 2 amide bonds. The lowest BCUT2D eigenvalue weighted by atomic mass is 10.1. The van der Waals surface area contributed by atoms with E-state index in [1.807, 2.05) is 0 Å². The first-order valence-corrected chi connectivity index (χ1v) is 6.79. The van der Waals surface area contributed by atoms with Crippen LogP contribution in [-0.4, -0.2) is 26.8 Å². The van der Waals surface area contributed by atoms with E-state index in [1.54, 1.807) is 17.6 Å². The van der Waals surface area contributed by atoms with E-state index in [9.17, 15) is 18.0 Å². The number of primary sulfonamides is 1. The number of hydrogen-bond donors (Lipinski definition) is 4. The van der Waals surface area contributed by atoms with Crippen LogP contribution in [0.15, 0.2) is 29.2 Å². The van der Waals surface area contributed by atoms with Crippen molar-refractivity contribution in [3.05, 3.63) is 29.8 Å². The van der Waals surface area contributed by atoms with Crippen molar-refractivity contribution in [2.45, 2.75) is 11.3 Å². The predicted octanol–water partition coefficient (Wildman–Crippen LogP) is -2.02. The molecule has 0 heterocycles. The smallest absolute Gasteiger partial charge is 0.323 e. The van der Waals surface area contributed by atoms with Gasteiger partial charge < -0.3 is 5.32 Å². The Hall–Kier alpha value is -1.97. The van der Waals surface area contributed by atoms with E-state index >= 15 is 0 Å². The molecule has 6 N–H and O–H groups in total. The largest absolute Gasteiger partial charge is 0.347 e. The van der Waals surface area contributed by atoms with Crippen LogP contribution in [0.1, 0.15) is 5.56 Å². The van der Waals surface area contributed by atoms with Gasteiger partial charge in [0.05, 0.1) is 4.90 Å². The van der Waals surface area contributed by atoms with Crippen LogP contribution in [0.4, 0.5) is 0 Å². The van der Waals surface area contributed by atoms with Crippen molar-refractivity contribution in [3.8, 4) is 0 Å². The lowest BCUT2D eigenvalue weighted by molar-refractivity contribution is -0.139. The van der Waals surface area contributed by atoms with E-state index in [1.165, 1.54) is 12.1 Å². The average molecular weight is 286 g/mol. The van der Waals surface area contributed by atoms with Gasteiger partial charge >= 0.3 is 11.8 Å². The number of rotatable bonds is 4. The van der Waals surface area contributed by atoms with Crippen LogP contribution in [0.2, 0.25) is 0 Å². The molecule has 1 aromatic rings. The molecule has 1 aromatic carbocycles. The molecule has 0 fully saturated rings. The van der Waals surface area contributed by atoms with Crippen LogP contribution < -0.4 is 21.7 Å². The molecule has 0 spiro atoms. The zero-order valence-electron chi connectivity index (χ0n) is 9.92. The van der Waals surface area contributed by atoms with Gasteiger partial charge in [-0.2, -0.15) is 0 Å². The number of nitrogens with one attached hydrogen (secondary N) is 2. The van der Waals surface area contributed by atoms with Gasteiger partial charge in [-0.1, -0.05) is 12.1 Å². The molecular weight excluding hydrogens is 272 g/mol. The summed E-state index contributed by atoms with van der Waals surface area (Å²) >= 11 is 0. The highest BCUT2D eigenvalue weighted by Gasteiger charge is 2.10. The van der Waals surface area contributed by atoms with Gasteiger partial charge in [0.2, 0.25) is 10.0 Å². The van der Waals surface area contributed by atoms with Gasteiger partial charge in [0.25, 0.3) is 0 Å². The van der Waals surface area contributed by atoms with E-state index in [4.69, 9.17) is 11.0 Å². The monoisotopic (exact) mass is 286 g/mol. The molecule has 0 aliphatic carbocycles. The van der Waals surface area contributed by atoms with Crippen LogP contribution >= 0.6 is 0 Å². The Morgan fingerprint density at radius 2 is 1.68 bits per heavy atom. The second-order valence-corrected chi connectivity index (χ2v) is 5.23. The molecule has 19 heavy (non-hydrogen) atoms. The zero-order chi connectivity index (χ0) is 14.5. The maximum Gasteiger partial charge on any atom is 0.323 e. The fourth-order valence-corrected chi connectivity index (χ4v) is 1.83. The fourth-order valence-electron chi connectivity index (χ4n) is 1.31. The number of sulfonamides is 1. The number of amides is 2. The molecule has 0 bridgehead atoms. The van der Waals surface area contributed by atoms with E-state index < -0.39 is 21.8 Å². The quantitative estimate of drug-likeness (QED) is 0.218. The van der Waals surface area contributed by atoms with Crippen molar-refractivity contribution < 1.29 is 18.0 Å². The highest BCUT2D eigenvalue weighted by Crippen LogP contribution is 2.08. The predicted molar refractivity (Wildman–Crippen MR) is 66.9 cm³/mol. The minimum absolute atomic E-state index is 0.0165. The third kappa shape index (κ3) is 4.66. The fraction of sp³-hybridized carbons (Fsp3) is 0.200. The molecule has 0 saturated carbocycles. The number of hydrazine groups is 1. The number of hydrogen-bond acceptors (Lipinski definition) is 5. The number of benzene rings is 1. The van der Waals surface area contributed by atoms with Gasteiger partial charge in [0.15, 0.2) is 0 Å². The van der Waals surface area contributed by atoms with Crippen molar-refractivity contribution >= 4 is 21.8 Å². The Morgan fingerprint density at radius 3 is 2.16 bits per heavy atom. The van der Waals surface area contributed by atoms with Crippen LogP contribution in [0.25, 0.3) is 0 Å². The third-order valence-corrected chi connectivity index (χ3v) is 3.22. The molecule has 0 saturated heterocycles. The molecule has 0 radical (unpaired) electrons. The number of nitrogens with two attached hydrogens (primary N) is 2. The Morgan fingerprint density at radius 1 is 1.11 bits per heavy atom. The summed E-state index contributed by atoms with van der Waals surface area (Å²) in [5.74, 6) is 3.03. The highest BCUT2D eigenvalue weighted by molar-refractivity contribution is 7.89. The summed E-state index contributed by atoms with van der Waals surface area (Å²) in [7, 11) is -3.70. The van der Waals surface area contributed by atoms with Crippen molar-refractivity contribution in [1.29, 1.82) is 0 Å². The Balaban J connectivity index is 2.51. The Bertz CT molecular complexity index is 568. The Kier molecular flexibility index (Phi) is 4.98. The van der Waals surface area contributed by atoms with Gasteiger partial charge in [-0.25, -0.2) is 19.4 Å². The molecule has 8 nitrogen and oxygen atoms in total. The van der Waals surface area contributed by atoms with Crippen LogP contribution in [-0.2, 0) is 26.0 Å². The Labute approximate surface area is 110 Å². The van der Waals surface area contributed by atoms with Crippen molar-refractivity contribution in [2.75, 3.05) is 6.54 Å². The van der Waals surface area contributed by atoms with Crippen LogP contribution in [0.5, 0.6) is 0 Å². The lowest BCUT2D eigenvalue weighted by Crippen LogP contribution is -2.43. The molecule has 1 rings (SSSR count). The molecule has 104 valence electrons.